The molecule has 0 radical (unpaired) electrons. The Bertz CT molecular complexity index is 822. The van der Waals surface area contributed by atoms with Gasteiger partial charge in [0.25, 0.3) is 0 Å². The van der Waals surface area contributed by atoms with Crippen LogP contribution in [0.2, 0.25) is 0 Å². The van der Waals surface area contributed by atoms with Gasteiger partial charge in [0.05, 0.1) is 13.2 Å². The number of hydrogen-bond acceptors (Lipinski definition) is 6. The molecule has 2 rings (SSSR count). The number of benzene rings is 2. The third-order valence-corrected chi connectivity index (χ3v) is 3.74. The molecule has 0 unspecified atom stereocenters. The summed E-state index contributed by atoms with van der Waals surface area (Å²) in [5.74, 6) is -3.68. The molecule has 0 bridgehead atoms. The first-order valence-corrected chi connectivity index (χ1v) is 8.79. The fourth-order valence-corrected chi connectivity index (χ4v) is 2.49. The van der Waals surface area contributed by atoms with E-state index >= 15 is 0 Å². The molecule has 144 valence electrons. The van der Waals surface area contributed by atoms with E-state index in [1.54, 1.807) is 50.2 Å². The standard InChI is InChI=1S/C22H20O6/c1-3-27-21(25)17(19(23)15-11-7-5-8-12-15)18(22(26)28-4-2)20(24)16-13-9-6-10-14-16/h5-14H,3-4H2,1-2H3. The van der Waals surface area contributed by atoms with Gasteiger partial charge in [-0.15, -0.1) is 0 Å². The Balaban J connectivity index is 2.72. The van der Waals surface area contributed by atoms with Gasteiger partial charge in [0.1, 0.15) is 11.1 Å². The Morgan fingerprint density at radius 3 is 1.21 bits per heavy atom. The van der Waals surface area contributed by atoms with E-state index in [1.165, 1.54) is 24.3 Å². The van der Waals surface area contributed by atoms with Gasteiger partial charge in [0.2, 0.25) is 11.6 Å². The lowest BCUT2D eigenvalue weighted by Crippen LogP contribution is -2.27. The molecule has 2 aromatic rings. The zero-order chi connectivity index (χ0) is 20.5. The Labute approximate surface area is 162 Å². The second kappa shape index (κ2) is 9.97. The summed E-state index contributed by atoms with van der Waals surface area (Å²) in [5, 5.41) is 0. The predicted octanol–water partition coefficient (Wildman–Crippen LogP) is 3.18. The van der Waals surface area contributed by atoms with E-state index in [0.717, 1.165) is 0 Å². The average Bonchev–Trinajstić information content (AvgIpc) is 2.72. The van der Waals surface area contributed by atoms with E-state index in [4.69, 9.17) is 9.47 Å². The summed E-state index contributed by atoms with van der Waals surface area (Å²) in [6.07, 6.45) is 0. The molecule has 0 saturated carbocycles. The van der Waals surface area contributed by atoms with Crippen molar-refractivity contribution in [1.82, 2.24) is 0 Å². The third-order valence-electron chi connectivity index (χ3n) is 3.74. The number of carbonyl (C=O) groups is 4. The normalized spacial score (nSPS) is 11.2. The highest BCUT2D eigenvalue weighted by Gasteiger charge is 2.34. The van der Waals surface area contributed by atoms with Gasteiger partial charge in [-0.1, -0.05) is 60.7 Å². The SMILES string of the molecule is CCOC(=O)C(C(=O)c1ccccc1)=C(C(=O)OCC)C(=O)c1ccccc1. The van der Waals surface area contributed by atoms with Crippen LogP contribution in [0.1, 0.15) is 34.6 Å². The molecule has 0 atom stereocenters. The van der Waals surface area contributed by atoms with Crippen molar-refractivity contribution in [2.45, 2.75) is 13.8 Å². The summed E-state index contributed by atoms with van der Waals surface area (Å²) in [5.41, 5.74) is -0.984. The van der Waals surface area contributed by atoms with Gasteiger partial charge < -0.3 is 9.47 Å². The highest BCUT2D eigenvalue weighted by Crippen LogP contribution is 2.20. The molecular weight excluding hydrogens is 360 g/mol. The molecule has 6 nitrogen and oxygen atoms in total. The van der Waals surface area contributed by atoms with Crippen LogP contribution in [0.5, 0.6) is 0 Å². The van der Waals surface area contributed by atoms with Crippen LogP contribution in [0.15, 0.2) is 71.8 Å². The molecule has 6 heteroatoms. The Morgan fingerprint density at radius 2 is 0.929 bits per heavy atom. The van der Waals surface area contributed by atoms with Gasteiger partial charge in [-0.25, -0.2) is 9.59 Å². The summed E-state index contributed by atoms with van der Waals surface area (Å²) in [4.78, 5) is 51.2. The Kier molecular flexibility index (Phi) is 7.39. The largest absolute Gasteiger partial charge is 0.462 e. The van der Waals surface area contributed by atoms with Crippen LogP contribution >= 0.6 is 0 Å². The molecule has 0 aliphatic carbocycles. The number of ether oxygens (including phenoxy) is 2. The lowest BCUT2D eigenvalue weighted by atomic mass is 9.93. The summed E-state index contributed by atoms with van der Waals surface area (Å²) in [6.45, 7) is 3.07. The molecule has 2 aromatic carbocycles. The monoisotopic (exact) mass is 380 g/mol. The van der Waals surface area contributed by atoms with Crippen LogP contribution in [0.4, 0.5) is 0 Å². The molecule has 0 saturated heterocycles. The number of Topliss-reactive ketones (excluding diaryl/α,β-unsaturated/α-hetero) is 2. The molecule has 0 heterocycles. The maximum atomic E-state index is 13.0. The predicted molar refractivity (Wildman–Crippen MR) is 102 cm³/mol. The molecule has 0 spiro atoms. The molecule has 0 aromatic heterocycles. The van der Waals surface area contributed by atoms with Crippen LogP contribution in [0, 0.1) is 0 Å². The van der Waals surface area contributed by atoms with Gasteiger partial charge in [0, 0.05) is 11.1 Å². The van der Waals surface area contributed by atoms with Gasteiger partial charge in [-0.05, 0) is 13.8 Å². The van der Waals surface area contributed by atoms with Gasteiger partial charge >= 0.3 is 11.9 Å². The van der Waals surface area contributed by atoms with E-state index < -0.39 is 34.7 Å². The number of carbonyl (C=O) groups excluding carboxylic acids is 4. The zero-order valence-corrected chi connectivity index (χ0v) is 15.6. The minimum Gasteiger partial charge on any atom is -0.462 e. The fourth-order valence-electron chi connectivity index (χ4n) is 2.49. The second-order valence-electron chi connectivity index (χ2n) is 5.58. The first-order valence-electron chi connectivity index (χ1n) is 8.79. The number of ketones is 2. The Hall–Kier alpha value is -3.54. The van der Waals surface area contributed by atoms with Crippen molar-refractivity contribution in [3.63, 3.8) is 0 Å². The highest BCUT2D eigenvalue weighted by atomic mass is 16.5. The van der Waals surface area contributed by atoms with Crippen molar-refractivity contribution < 1.29 is 28.7 Å². The number of hydrogen-bond donors (Lipinski definition) is 0. The van der Waals surface area contributed by atoms with Crippen LogP contribution in [-0.2, 0) is 19.1 Å². The van der Waals surface area contributed by atoms with Crippen molar-refractivity contribution in [3.05, 3.63) is 82.9 Å². The number of rotatable bonds is 8. The Morgan fingerprint density at radius 1 is 0.607 bits per heavy atom. The molecular formula is C22H20O6. The quantitative estimate of drug-likeness (QED) is 0.230. The van der Waals surface area contributed by atoms with Gasteiger partial charge in [0.15, 0.2) is 0 Å². The van der Waals surface area contributed by atoms with E-state index in [9.17, 15) is 19.2 Å². The third kappa shape index (κ3) is 4.79. The van der Waals surface area contributed by atoms with Crippen molar-refractivity contribution >= 4 is 23.5 Å². The smallest absolute Gasteiger partial charge is 0.343 e. The van der Waals surface area contributed by atoms with Crippen LogP contribution in [-0.4, -0.2) is 36.7 Å². The lowest BCUT2D eigenvalue weighted by Gasteiger charge is -2.13. The van der Waals surface area contributed by atoms with Crippen LogP contribution in [0.25, 0.3) is 0 Å². The molecule has 0 N–H and O–H groups in total. The number of esters is 2. The van der Waals surface area contributed by atoms with Crippen LogP contribution in [0.3, 0.4) is 0 Å². The maximum absolute atomic E-state index is 13.0. The zero-order valence-electron chi connectivity index (χ0n) is 15.6. The van der Waals surface area contributed by atoms with E-state index in [-0.39, 0.29) is 24.3 Å². The van der Waals surface area contributed by atoms with Crippen molar-refractivity contribution in [2.24, 2.45) is 0 Å². The average molecular weight is 380 g/mol. The van der Waals surface area contributed by atoms with Gasteiger partial charge in [-0.3, -0.25) is 9.59 Å². The van der Waals surface area contributed by atoms with Crippen molar-refractivity contribution in [1.29, 1.82) is 0 Å². The lowest BCUT2D eigenvalue weighted by molar-refractivity contribution is -0.141. The van der Waals surface area contributed by atoms with Crippen molar-refractivity contribution in [3.8, 4) is 0 Å². The second-order valence-corrected chi connectivity index (χ2v) is 5.58. The fraction of sp³-hybridized carbons (Fsp3) is 0.182. The first kappa shape index (κ1) is 20.8. The van der Waals surface area contributed by atoms with Crippen molar-refractivity contribution in [2.75, 3.05) is 13.2 Å². The minimum atomic E-state index is -1.05. The summed E-state index contributed by atoms with van der Waals surface area (Å²) < 4.78 is 9.93. The summed E-state index contributed by atoms with van der Waals surface area (Å²) in [6, 6.07) is 15.8. The summed E-state index contributed by atoms with van der Waals surface area (Å²) in [7, 11) is 0. The van der Waals surface area contributed by atoms with Crippen LogP contribution < -0.4 is 0 Å². The van der Waals surface area contributed by atoms with E-state index in [0.29, 0.717) is 0 Å². The highest BCUT2D eigenvalue weighted by molar-refractivity contribution is 6.36. The molecule has 0 aliphatic heterocycles. The first-order chi connectivity index (χ1) is 13.5. The molecule has 0 fully saturated rings. The van der Waals surface area contributed by atoms with E-state index in [1.807, 2.05) is 0 Å². The van der Waals surface area contributed by atoms with Gasteiger partial charge in [-0.2, -0.15) is 0 Å². The maximum Gasteiger partial charge on any atom is 0.343 e. The topological polar surface area (TPSA) is 86.7 Å². The molecule has 28 heavy (non-hydrogen) atoms. The minimum absolute atomic E-state index is 0.0277. The molecule has 0 aliphatic rings. The summed E-state index contributed by atoms with van der Waals surface area (Å²) >= 11 is 0. The molecule has 0 amide bonds. The van der Waals surface area contributed by atoms with E-state index in [2.05, 4.69) is 0 Å².